The maximum Gasteiger partial charge on any atom is 0.359 e. The molecule has 1 N–H and O–H groups in total. The van der Waals surface area contributed by atoms with E-state index < -0.39 is 24.5 Å². The van der Waals surface area contributed by atoms with E-state index in [1.54, 1.807) is 85.8 Å². The van der Waals surface area contributed by atoms with Crippen LogP contribution in [-0.2, 0) is 14.3 Å². The van der Waals surface area contributed by atoms with Crippen molar-refractivity contribution >= 4 is 39.9 Å². The van der Waals surface area contributed by atoms with E-state index in [1.807, 2.05) is 0 Å². The molecule has 2 heterocycles. The van der Waals surface area contributed by atoms with E-state index in [9.17, 15) is 19.2 Å². The van der Waals surface area contributed by atoms with Crippen LogP contribution in [-0.4, -0.2) is 40.2 Å². The monoisotopic (exact) mass is 482 g/mol. The van der Waals surface area contributed by atoms with Gasteiger partial charge in [0.1, 0.15) is 0 Å². The van der Waals surface area contributed by atoms with Crippen LogP contribution in [0.3, 0.4) is 0 Å². The van der Waals surface area contributed by atoms with Crippen LogP contribution < -0.4 is 15.8 Å². The highest BCUT2D eigenvalue weighted by Crippen LogP contribution is 2.31. The Morgan fingerprint density at radius 1 is 0.944 bits per heavy atom. The van der Waals surface area contributed by atoms with Gasteiger partial charge in [-0.05, 0) is 37.3 Å². The normalized spacial score (nSPS) is 15.1. The maximum absolute atomic E-state index is 13.2. The number of hydrogen-bond acceptors (Lipinski definition) is 6. The zero-order chi connectivity index (χ0) is 25.2. The summed E-state index contributed by atoms with van der Waals surface area (Å²) in [6, 6.07) is 21.9. The molecule has 0 saturated heterocycles. The Morgan fingerprint density at radius 2 is 1.61 bits per heavy atom. The summed E-state index contributed by atoms with van der Waals surface area (Å²) in [7, 11) is 0. The lowest BCUT2D eigenvalue weighted by Crippen LogP contribution is -2.41. The zero-order valence-corrected chi connectivity index (χ0v) is 19.4. The molecule has 0 aliphatic carbocycles. The van der Waals surface area contributed by atoms with Crippen LogP contribution in [0, 0.1) is 0 Å². The third-order valence-electron chi connectivity index (χ3n) is 5.95. The van der Waals surface area contributed by atoms with Crippen molar-refractivity contribution in [2.24, 2.45) is 0 Å². The van der Waals surface area contributed by atoms with Gasteiger partial charge in [-0.25, -0.2) is 4.79 Å². The second-order valence-corrected chi connectivity index (χ2v) is 8.41. The number of rotatable bonds is 4. The number of esters is 1. The molecule has 9 heteroatoms. The number of carbonyl (C=O) groups is 3. The van der Waals surface area contributed by atoms with Crippen molar-refractivity contribution in [1.82, 2.24) is 9.78 Å². The number of ether oxygens (including phenoxy) is 1. The van der Waals surface area contributed by atoms with E-state index in [0.29, 0.717) is 27.8 Å². The number of carbonyl (C=O) groups excluding carboxylic acids is 3. The number of anilines is 2. The molecule has 3 aromatic carbocycles. The molecule has 1 aromatic heterocycles. The molecule has 0 bridgehead atoms. The molecule has 2 amide bonds. The molecule has 0 saturated carbocycles. The van der Waals surface area contributed by atoms with Crippen LogP contribution in [0.2, 0.25) is 0 Å². The molecule has 180 valence electrons. The molecule has 36 heavy (non-hydrogen) atoms. The molecule has 1 aliphatic heterocycles. The molecule has 0 fully saturated rings. The molecular weight excluding hydrogens is 460 g/mol. The maximum atomic E-state index is 13.2. The average molecular weight is 482 g/mol. The van der Waals surface area contributed by atoms with Crippen molar-refractivity contribution in [3.63, 3.8) is 0 Å². The van der Waals surface area contributed by atoms with E-state index in [2.05, 4.69) is 10.4 Å². The van der Waals surface area contributed by atoms with Crippen molar-refractivity contribution in [2.45, 2.75) is 19.4 Å². The SMILES string of the molecule is C[C@H]1CC(=O)Nc2ccccc2N1C(=O)COC(=O)c1nn(-c2ccccc2)c(=O)c2ccccc12. The predicted octanol–water partition coefficient (Wildman–Crippen LogP) is 3.31. The van der Waals surface area contributed by atoms with Gasteiger partial charge in [-0.1, -0.05) is 48.5 Å². The highest BCUT2D eigenvalue weighted by molar-refractivity contribution is 6.06. The Balaban J connectivity index is 1.46. The summed E-state index contributed by atoms with van der Waals surface area (Å²) in [4.78, 5) is 53.1. The second kappa shape index (κ2) is 9.46. The highest BCUT2D eigenvalue weighted by atomic mass is 16.5. The summed E-state index contributed by atoms with van der Waals surface area (Å²) < 4.78 is 6.54. The van der Waals surface area contributed by atoms with Crippen LogP contribution in [0.15, 0.2) is 83.7 Å². The van der Waals surface area contributed by atoms with E-state index in [-0.39, 0.29) is 23.6 Å². The lowest BCUT2D eigenvalue weighted by atomic mass is 10.1. The molecule has 9 nitrogen and oxygen atoms in total. The molecule has 0 radical (unpaired) electrons. The number of hydrogen-bond donors (Lipinski definition) is 1. The standard InChI is InChI=1S/C27H22N4O5/c1-17-15-23(32)28-21-13-7-8-14-22(21)30(17)24(33)16-36-27(35)25-19-11-5-6-12-20(19)26(34)31(29-25)18-9-3-2-4-10-18/h2-14,17H,15-16H2,1H3,(H,28,32)/t17-/m0/s1. The average Bonchev–Trinajstić information content (AvgIpc) is 3.02. The summed E-state index contributed by atoms with van der Waals surface area (Å²) in [5, 5.41) is 7.71. The minimum atomic E-state index is -0.839. The Hall–Kier alpha value is -4.79. The van der Waals surface area contributed by atoms with Gasteiger partial charge in [0.2, 0.25) is 5.91 Å². The molecule has 5 rings (SSSR count). The van der Waals surface area contributed by atoms with Gasteiger partial charge in [0.15, 0.2) is 12.3 Å². The minimum absolute atomic E-state index is 0.0805. The fraction of sp³-hybridized carbons (Fsp3) is 0.148. The van der Waals surface area contributed by atoms with Gasteiger partial charge in [-0.2, -0.15) is 9.78 Å². The summed E-state index contributed by atoms with van der Waals surface area (Å²) in [5.74, 6) is -1.53. The zero-order valence-electron chi connectivity index (χ0n) is 19.4. The van der Waals surface area contributed by atoms with E-state index in [0.717, 1.165) is 4.68 Å². The number of para-hydroxylation sites is 3. The van der Waals surface area contributed by atoms with Crippen LogP contribution in [0.25, 0.3) is 16.5 Å². The highest BCUT2D eigenvalue weighted by Gasteiger charge is 2.30. The van der Waals surface area contributed by atoms with Gasteiger partial charge < -0.3 is 15.0 Å². The lowest BCUT2D eigenvalue weighted by molar-refractivity contribution is -0.122. The molecule has 1 aliphatic rings. The summed E-state index contributed by atoms with van der Waals surface area (Å²) in [5.41, 5.74) is 1.07. The van der Waals surface area contributed by atoms with Gasteiger partial charge in [0, 0.05) is 17.8 Å². The predicted molar refractivity (Wildman–Crippen MR) is 134 cm³/mol. The van der Waals surface area contributed by atoms with Crippen LogP contribution in [0.4, 0.5) is 11.4 Å². The van der Waals surface area contributed by atoms with E-state index in [1.165, 1.54) is 4.90 Å². The Labute approximate surface area is 205 Å². The first-order valence-electron chi connectivity index (χ1n) is 11.4. The van der Waals surface area contributed by atoms with Crippen LogP contribution >= 0.6 is 0 Å². The van der Waals surface area contributed by atoms with E-state index >= 15 is 0 Å². The summed E-state index contributed by atoms with van der Waals surface area (Å²) >= 11 is 0. The van der Waals surface area contributed by atoms with Gasteiger partial charge in [0.25, 0.3) is 11.5 Å². The first-order chi connectivity index (χ1) is 17.4. The summed E-state index contributed by atoms with van der Waals surface area (Å²) in [6.07, 6.45) is 0.0998. The number of nitrogens with one attached hydrogen (secondary N) is 1. The molecule has 0 unspecified atom stereocenters. The molecule has 1 atom stereocenters. The van der Waals surface area contributed by atoms with Crippen LogP contribution in [0.5, 0.6) is 0 Å². The Kier molecular flexibility index (Phi) is 6.03. The first kappa shape index (κ1) is 23.0. The number of benzene rings is 3. The van der Waals surface area contributed by atoms with Crippen LogP contribution in [0.1, 0.15) is 23.8 Å². The smallest absolute Gasteiger partial charge is 0.359 e. The quantitative estimate of drug-likeness (QED) is 0.447. The third-order valence-corrected chi connectivity index (χ3v) is 5.95. The molecule has 4 aromatic rings. The van der Waals surface area contributed by atoms with Crippen molar-refractivity contribution in [3.8, 4) is 5.69 Å². The summed E-state index contributed by atoms with van der Waals surface area (Å²) in [6.45, 7) is 1.19. The number of amides is 2. The van der Waals surface area contributed by atoms with Gasteiger partial charge in [0.05, 0.1) is 22.4 Å². The largest absolute Gasteiger partial charge is 0.451 e. The second-order valence-electron chi connectivity index (χ2n) is 8.41. The molecular formula is C27H22N4O5. The topological polar surface area (TPSA) is 111 Å². The number of fused-ring (bicyclic) bond motifs is 2. The third kappa shape index (κ3) is 4.22. The number of nitrogens with zero attached hydrogens (tertiary/aromatic N) is 3. The lowest BCUT2D eigenvalue weighted by Gasteiger charge is -2.27. The van der Waals surface area contributed by atoms with Crippen molar-refractivity contribution in [2.75, 3.05) is 16.8 Å². The Bertz CT molecular complexity index is 1550. The van der Waals surface area contributed by atoms with Gasteiger partial charge in [-0.15, -0.1) is 0 Å². The number of aromatic nitrogens is 2. The van der Waals surface area contributed by atoms with Gasteiger partial charge >= 0.3 is 5.97 Å². The van der Waals surface area contributed by atoms with Crippen molar-refractivity contribution < 1.29 is 19.1 Å². The van der Waals surface area contributed by atoms with Crippen molar-refractivity contribution in [1.29, 1.82) is 0 Å². The fourth-order valence-corrected chi connectivity index (χ4v) is 4.32. The minimum Gasteiger partial charge on any atom is -0.451 e. The van der Waals surface area contributed by atoms with E-state index in [4.69, 9.17) is 4.74 Å². The first-order valence-corrected chi connectivity index (χ1v) is 11.4. The van der Waals surface area contributed by atoms with Gasteiger partial charge in [-0.3, -0.25) is 14.4 Å². The van der Waals surface area contributed by atoms with Crippen molar-refractivity contribution in [3.05, 3.63) is 94.9 Å². The molecule has 0 spiro atoms. The fourth-order valence-electron chi connectivity index (χ4n) is 4.32. The Morgan fingerprint density at radius 3 is 2.39 bits per heavy atom.